The number of nitrogens with one attached hydrogen (secondary N) is 2. The molecule has 0 heterocycles. The van der Waals surface area contributed by atoms with Gasteiger partial charge in [-0.2, -0.15) is 0 Å². The number of benzene rings is 2. The molecule has 0 atom stereocenters. The number of sulfonamides is 1. The number of anilines is 2. The monoisotopic (exact) mass is 374 g/mol. The van der Waals surface area contributed by atoms with E-state index in [0.29, 0.717) is 11.3 Å². The summed E-state index contributed by atoms with van der Waals surface area (Å²) in [5, 5.41) is 2.84. The summed E-state index contributed by atoms with van der Waals surface area (Å²) in [5.74, 6) is -0.238. The lowest BCUT2D eigenvalue weighted by Gasteiger charge is -2.20. The summed E-state index contributed by atoms with van der Waals surface area (Å²) in [6.07, 6.45) is 2.09. The van der Waals surface area contributed by atoms with E-state index in [1.807, 2.05) is 24.3 Å². The zero-order valence-electron chi connectivity index (χ0n) is 15.7. The van der Waals surface area contributed by atoms with Crippen molar-refractivity contribution in [2.24, 2.45) is 0 Å². The van der Waals surface area contributed by atoms with Gasteiger partial charge in [0.15, 0.2) is 0 Å². The van der Waals surface area contributed by atoms with Crippen LogP contribution in [0.5, 0.6) is 0 Å². The van der Waals surface area contributed by atoms with E-state index in [2.05, 4.69) is 17.0 Å². The summed E-state index contributed by atoms with van der Waals surface area (Å²) in [6.45, 7) is 7.01. The van der Waals surface area contributed by atoms with Gasteiger partial charge in [-0.15, -0.1) is 0 Å². The van der Waals surface area contributed by atoms with Crippen LogP contribution in [0.25, 0.3) is 0 Å². The first-order valence-corrected chi connectivity index (χ1v) is 10.1. The minimum atomic E-state index is -3.49. The predicted octanol–water partition coefficient (Wildman–Crippen LogP) is 4.43. The van der Waals surface area contributed by atoms with E-state index in [9.17, 15) is 13.2 Å². The number of rotatable bonds is 6. The highest BCUT2D eigenvalue weighted by atomic mass is 32.2. The maximum Gasteiger partial charge on any atom is 0.255 e. The second-order valence-corrected chi connectivity index (χ2v) is 9.63. The van der Waals surface area contributed by atoms with Crippen LogP contribution in [0, 0.1) is 0 Å². The molecule has 6 heteroatoms. The molecule has 0 aliphatic heterocycles. The lowest BCUT2D eigenvalue weighted by molar-refractivity contribution is 0.102. The Morgan fingerprint density at radius 2 is 1.46 bits per heavy atom. The molecule has 0 aliphatic carbocycles. The molecule has 0 aromatic heterocycles. The van der Waals surface area contributed by atoms with Crippen molar-refractivity contribution >= 4 is 27.3 Å². The van der Waals surface area contributed by atoms with Gasteiger partial charge in [0.25, 0.3) is 5.91 Å². The molecule has 26 heavy (non-hydrogen) atoms. The lowest BCUT2D eigenvalue weighted by Crippen LogP contribution is -2.33. The highest BCUT2D eigenvalue weighted by Gasteiger charge is 2.28. The summed E-state index contributed by atoms with van der Waals surface area (Å²) in [4.78, 5) is 12.3. The van der Waals surface area contributed by atoms with E-state index >= 15 is 0 Å². The molecule has 0 unspecified atom stereocenters. The van der Waals surface area contributed by atoms with Crippen LogP contribution >= 0.6 is 0 Å². The quantitative estimate of drug-likeness (QED) is 0.785. The Kier molecular flexibility index (Phi) is 6.08. The number of hydrogen-bond donors (Lipinski definition) is 2. The molecule has 0 fully saturated rings. The number of hydrogen-bond acceptors (Lipinski definition) is 3. The third-order valence-electron chi connectivity index (χ3n) is 3.96. The molecule has 0 aliphatic rings. The normalized spacial score (nSPS) is 11.8. The first-order chi connectivity index (χ1) is 12.1. The van der Waals surface area contributed by atoms with Gasteiger partial charge in [-0.3, -0.25) is 9.52 Å². The smallest absolute Gasteiger partial charge is 0.255 e. The summed E-state index contributed by atoms with van der Waals surface area (Å²) < 4.78 is 26.0. The van der Waals surface area contributed by atoms with E-state index in [1.165, 1.54) is 5.56 Å². The van der Waals surface area contributed by atoms with Crippen LogP contribution in [0.3, 0.4) is 0 Å². The number of carbonyl (C=O) groups excluding carboxylic acids is 1. The molecule has 2 aromatic carbocycles. The van der Waals surface area contributed by atoms with Gasteiger partial charge in [0, 0.05) is 16.9 Å². The fourth-order valence-electron chi connectivity index (χ4n) is 2.24. The van der Waals surface area contributed by atoms with E-state index in [4.69, 9.17) is 0 Å². The first kappa shape index (κ1) is 20.0. The molecular weight excluding hydrogens is 348 g/mol. The van der Waals surface area contributed by atoms with Gasteiger partial charge in [0.2, 0.25) is 10.0 Å². The molecule has 0 saturated heterocycles. The maximum absolute atomic E-state index is 12.3. The van der Waals surface area contributed by atoms with E-state index in [-0.39, 0.29) is 5.91 Å². The van der Waals surface area contributed by atoms with Crippen molar-refractivity contribution < 1.29 is 13.2 Å². The lowest BCUT2D eigenvalue weighted by atomic mass is 10.1. The maximum atomic E-state index is 12.3. The van der Waals surface area contributed by atoms with Crippen molar-refractivity contribution in [2.45, 2.75) is 45.3 Å². The van der Waals surface area contributed by atoms with Crippen LogP contribution in [0.1, 0.15) is 50.0 Å². The Morgan fingerprint density at radius 1 is 0.923 bits per heavy atom. The Bertz CT molecular complexity index is 849. The van der Waals surface area contributed by atoms with E-state index in [0.717, 1.165) is 18.5 Å². The van der Waals surface area contributed by atoms with E-state index in [1.54, 1.807) is 45.0 Å². The van der Waals surface area contributed by atoms with Gasteiger partial charge in [-0.05, 0) is 69.2 Å². The van der Waals surface area contributed by atoms with E-state index < -0.39 is 14.8 Å². The van der Waals surface area contributed by atoms with Gasteiger partial charge in [-0.1, -0.05) is 25.5 Å². The average molecular weight is 375 g/mol. The molecule has 0 spiro atoms. The Morgan fingerprint density at radius 3 is 1.96 bits per heavy atom. The molecule has 1 amide bonds. The van der Waals surface area contributed by atoms with Crippen LogP contribution in [0.15, 0.2) is 48.5 Å². The van der Waals surface area contributed by atoms with Gasteiger partial charge < -0.3 is 5.32 Å². The van der Waals surface area contributed by atoms with Crippen molar-refractivity contribution in [1.29, 1.82) is 0 Å². The highest BCUT2D eigenvalue weighted by Crippen LogP contribution is 2.20. The van der Waals surface area contributed by atoms with Crippen LogP contribution < -0.4 is 10.0 Å². The zero-order valence-corrected chi connectivity index (χ0v) is 16.5. The molecule has 0 saturated carbocycles. The summed E-state index contributed by atoms with van der Waals surface area (Å²) in [5.41, 5.74) is 2.86. The third kappa shape index (κ3) is 5.08. The summed E-state index contributed by atoms with van der Waals surface area (Å²) >= 11 is 0. The molecule has 0 bridgehead atoms. The summed E-state index contributed by atoms with van der Waals surface area (Å²) in [7, 11) is -3.49. The number of amides is 1. The van der Waals surface area contributed by atoms with Crippen molar-refractivity contribution in [3.05, 3.63) is 59.7 Å². The largest absolute Gasteiger partial charge is 0.322 e. The third-order valence-corrected chi connectivity index (χ3v) is 6.07. The molecular formula is C20H26N2O3S. The fourth-order valence-corrected chi connectivity index (χ4v) is 3.00. The second-order valence-electron chi connectivity index (χ2n) is 7.20. The molecule has 2 rings (SSSR count). The first-order valence-electron chi connectivity index (χ1n) is 8.65. The zero-order chi connectivity index (χ0) is 19.4. The minimum absolute atomic E-state index is 0.238. The topological polar surface area (TPSA) is 75.3 Å². The van der Waals surface area contributed by atoms with Crippen LogP contribution in [-0.4, -0.2) is 19.1 Å². The second kappa shape index (κ2) is 7.91. The van der Waals surface area contributed by atoms with Gasteiger partial charge >= 0.3 is 0 Å². The Balaban J connectivity index is 2.04. The fraction of sp³-hybridized carbons (Fsp3) is 0.350. The van der Waals surface area contributed by atoms with Crippen LogP contribution in [-0.2, 0) is 16.4 Å². The summed E-state index contributed by atoms with van der Waals surface area (Å²) in [6, 6.07) is 14.1. The Labute approximate surface area is 155 Å². The Hall–Kier alpha value is -2.34. The number of aryl methyl sites for hydroxylation is 1. The standard InChI is InChI=1S/C20H26N2O3S/c1-5-6-15-7-11-17(12-8-15)21-19(23)16-9-13-18(14-10-16)22-26(24,25)20(2,3)4/h7-14,22H,5-6H2,1-4H3,(H,21,23). The van der Waals surface area contributed by atoms with Gasteiger partial charge in [-0.25, -0.2) is 8.42 Å². The SMILES string of the molecule is CCCc1ccc(NC(=O)c2ccc(NS(=O)(=O)C(C)(C)C)cc2)cc1. The van der Waals surface area contributed by atoms with Crippen LogP contribution in [0.2, 0.25) is 0 Å². The molecule has 0 radical (unpaired) electrons. The van der Waals surface area contributed by atoms with Gasteiger partial charge in [0.1, 0.15) is 0 Å². The average Bonchev–Trinajstić information content (AvgIpc) is 2.56. The van der Waals surface area contributed by atoms with Gasteiger partial charge in [0.05, 0.1) is 4.75 Å². The van der Waals surface area contributed by atoms with Crippen molar-refractivity contribution in [3.8, 4) is 0 Å². The highest BCUT2D eigenvalue weighted by molar-refractivity contribution is 7.94. The van der Waals surface area contributed by atoms with Crippen molar-refractivity contribution in [1.82, 2.24) is 0 Å². The molecule has 140 valence electrons. The van der Waals surface area contributed by atoms with Crippen molar-refractivity contribution in [3.63, 3.8) is 0 Å². The van der Waals surface area contributed by atoms with Crippen molar-refractivity contribution in [2.75, 3.05) is 10.0 Å². The minimum Gasteiger partial charge on any atom is -0.322 e. The molecule has 2 N–H and O–H groups in total. The molecule has 5 nitrogen and oxygen atoms in total. The predicted molar refractivity (Wildman–Crippen MR) is 107 cm³/mol. The van der Waals surface area contributed by atoms with Crippen LogP contribution in [0.4, 0.5) is 11.4 Å². The molecule has 2 aromatic rings. The number of carbonyl (C=O) groups is 1.